The van der Waals surface area contributed by atoms with Crippen molar-refractivity contribution in [2.24, 2.45) is 0 Å². The normalized spacial score (nSPS) is 15.5. The molecule has 1 saturated heterocycles. The van der Waals surface area contributed by atoms with E-state index < -0.39 is 17.5 Å². The monoisotopic (exact) mass is 402 g/mol. The van der Waals surface area contributed by atoms with E-state index in [1.54, 1.807) is 13.8 Å². The van der Waals surface area contributed by atoms with Crippen LogP contribution in [-0.4, -0.2) is 39.9 Å². The maximum atomic E-state index is 12.1. The van der Waals surface area contributed by atoms with Gasteiger partial charge in [-0.1, -0.05) is 17.7 Å². The number of benzene rings is 1. The van der Waals surface area contributed by atoms with Gasteiger partial charge in [0.15, 0.2) is 5.13 Å². The second kappa shape index (κ2) is 7.97. The number of hydrogen-bond donors (Lipinski definition) is 2. The zero-order chi connectivity index (χ0) is 20.3. The lowest BCUT2D eigenvalue weighted by atomic mass is 10.1. The topological polar surface area (TPSA) is 101 Å². The van der Waals surface area contributed by atoms with Gasteiger partial charge in [-0.3, -0.25) is 14.5 Å². The van der Waals surface area contributed by atoms with Gasteiger partial charge in [-0.05, 0) is 32.9 Å². The molecular formula is C19H22N4O4S. The summed E-state index contributed by atoms with van der Waals surface area (Å²) in [6, 6.07) is 7.45. The molecule has 0 spiro atoms. The van der Waals surface area contributed by atoms with Crippen LogP contribution in [0, 0.1) is 6.92 Å². The Kier molecular flexibility index (Phi) is 5.64. The van der Waals surface area contributed by atoms with Crippen LogP contribution in [0.2, 0.25) is 0 Å². The van der Waals surface area contributed by atoms with E-state index >= 15 is 0 Å². The zero-order valence-electron chi connectivity index (χ0n) is 15.9. The number of aryl methyl sites for hydroxylation is 1. The van der Waals surface area contributed by atoms with Gasteiger partial charge in [-0.15, -0.1) is 11.3 Å². The molecule has 0 bridgehead atoms. The Morgan fingerprint density at radius 2 is 2.00 bits per heavy atom. The molecule has 1 aliphatic heterocycles. The lowest BCUT2D eigenvalue weighted by Gasteiger charge is -2.15. The Morgan fingerprint density at radius 1 is 1.29 bits per heavy atom. The second-order valence-electron chi connectivity index (χ2n) is 7.06. The van der Waals surface area contributed by atoms with E-state index in [9.17, 15) is 14.4 Å². The van der Waals surface area contributed by atoms with Crippen LogP contribution in [0.3, 0.4) is 0 Å². The molecule has 1 aliphatic rings. The summed E-state index contributed by atoms with van der Waals surface area (Å²) in [7, 11) is 0. The van der Waals surface area contributed by atoms with E-state index in [0.717, 1.165) is 10.6 Å². The van der Waals surface area contributed by atoms with Gasteiger partial charge in [-0.25, -0.2) is 9.78 Å². The fourth-order valence-corrected chi connectivity index (χ4v) is 3.36. The van der Waals surface area contributed by atoms with Crippen molar-refractivity contribution in [3.63, 3.8) is 0 Å². The highest BCUT2D eigenvalue weighted by molar-refractivity contribution is 7.13. The molecule has 0 radical (unpaired) electrons. The highest BCUT2D eigenvalue weighted by Crippen LogP contribution is 2.22. The molecule has 3 rings (SSSR count). The SMILES string of the molecule is Cc1ccc(Nc2nc(COC(=O)CCN3C(=O)NC(C)(C)C3=O)cs2)cc1. The summed E-state index contributed by atoms with van der Waals surface area (Å²) in [5.41, 5.74) is 1.79. The number of aromatic nitrogens is 1. The minimum Gasteiger partial charge on any atom is -0.459 e. The van der Waals surface area contributed by atoms with Crippen LogP contribution in [0.1, 0.15) is 31.5 Å². The number of hydrogen-bond acceptors (Lipinski definition) is 7. The van der Waals surface area contributed by atoms with Gasteiger partial charge in [-0.2, -0.15) is 0 Å². The predicted molar refractivity (Wildman–Crippen MR) is 105 cm³/mol. The number of anilines is 2. The van der Waals surface area contributed by atoms with Gasteiger partial charge in [0, 0.05) is 17.6 Å². The fourth-order valence-electron chi connectivity index (χ4n) is 2.64. The molecule has 2 heterocycles. The minimum absolute atomic E-state index is 0.00970. The summed E-state index contributed by atoms with van der Waals surface area (Å²) < 4.78 is 5.20. The number of imide groups is 1. The van der Waals surface area contributed by atoms with Crippen molar-refractivity contribution in [1.29, 1.82) is 0 Å². The molecule has 3 amide bonds. The van der Waals surface area contributed by atoms with Crippen molar-refractivity contribution in [2.75, 3.05) is 11.9 Å². The largest absolute Gasteiger partial charge is 0.459 e. The summed E-state index contributed by atoms with van der Waals surface area (Å²) >= 11 is 1.42. The number of nitrogens with zero attached hydrogens (tertiary/aromatic N) is 2. The summed E-state index contributed by atoms with van der Waals surface area (Å²) in [5.74, 6) is -0.844. The standard InChI is InChI=1S/C19H22N4O4S/c1-12-4-6-13(7-5-12)20-17-21-14(11-28-17)10-27-15(24)8-9-23-16(25)19(2,3)22-18(23)26/h4-7,11H,8-10H2,1-3H3,(H,20,21)(H,22,26). The molecule has 0 saturated carbocycles. The number of rotatable bonds is 7. The maximum absolute atomic E-state index is 12.1. The molecule has 1 fully saturated rings. The summed E-state index contributed by atoms with van der Waals surface area (Å²) in [6.07, 6.45) is -0.0617. The third-order valence-electron chi connectivity index (χ3n) is 4.22. The highest BCUT2D eigenvalue weighted by Gasteiger charge is 2.44. The third-order valence-corrected chi connectivity index (χ3v) is 5.03. The zero-order valence-corrected chi connectivity index (χ0v) is 16.8. The van der Waals surface area contributed by atoms with Crippen LogP contribution in [-0.2, 0) is 20.9 Å². The van der Waals surface area contributed by atoms with Gasteiger partial charge < -0.3 is 15.4 Å². The summed E-state index contributed by atoms with van der Waals surface area (Å²) in [4.78, 5) is 41.2. The second-order valence-corrected chi connectivity index (χ2v) is 7.92. The lowest BCUT2D eigenvalue weighted by Crippen LogP contribution is -2.40. The Morgan fingerprint density at radius 3 is 2.64 bits per heavy atom. The first-order chi connectivity index (χ1) is 13.2. The molecule has 2 aromatic rings. The van der Waals surface area contributed by atoms with E-state index in [1.165, 1.54) is 16.9 Å². The molecule has 9 heteroatoms. The molecule has 148 valence electrons. The number of carbonyl (C=O) groups is 3. The number of ether oxygens (including phenoxy) is 1. The van der Waals surface area contributed by atoms with Gasteiger partial charge in [0.05, 0.1) is 12.1 Å². The first kappa shape index (κ1) is 19.8. The summed E-state index contributed by atoms with van der Waals surface area (Å²) in [6.45, 7) is 5.29. The Balaban J connectivity index is 1.45. The van der Waals surface area contributed by atoms with Crippen LogP contribution >= 0.6 is 11.3 Å². The van der Waals surface area contributed by atoms with Gasteiger partial charge in [0.25, 0.3) is 5.91 Å². The van der Waals surface area contributed by atoms with Crippen LogP contribution in [0.25, 0.3) is 0 Å². The number of thiazole rings is 1. The molecule has 1 aromatic heterocycles. The molecule has 0 aliphatic carbocycles. The maximum Gasteiger partial charge on any atom is 0.325 e. The average Bonchev–Trinajstić information content (AvgIpc) is 3.16. The van der Waals surface area contributed by atoms with Crippen molar-refractivity contribution in [2.45, 2.75) is 39.3 Å². The van der Waals surface area contributed by atoms with Crippen LogP contribution in [0.5, 0.6) is 0 Å². The number of nitrogens with one attached hydrogen (secondary N) is 2. The Labute approximate surface area is 166 Å². The summed E-state index contributed by atoms with van der Waals surface area (Å²) in [5, 5.41) is 8.28. The Bertz CT molecular complexity index is 892. The van der Waals surface area contributed by atoms with Crippen LogP contribution in [0.4, 0.5) is 15.6 Å². The van der Waals surface area contributed by atoms with Gasteiger partial charge in [0.1, 0.15) is 12.1 Å². The van der Waals surface area contributed by atoms with Crippen LogP contribution < -0.4 is 10.6 Å². The van der Waals surface area contributed by atoms with E-state index in [0.29, 0.717) is 10.8 Å². The molecule has 2 N–H and O–H groups in total. The molecule has 0 atom stereocenters. The predicted octanol–water partition coefficient (Wildman–Crippen LogP) is 2.96. The molecule has 0 unspecified atom stereocenters. The molecule has 28 heavy (non-hydrogen) atoms. The molecular weight excluding hydrogens is 380 g/mol. The first-order valence-electron chi connectivity index (χ1n) is 8.82. The Hall–Kier alpha value is -2.94. The molecule has 1 aromatic carbocycles. The number of amides is 3. The van der Waals surface area contributed by atoms with Gasteiger partial charge >= 0.3 is 12.0 Å². The first-order valence-corrected chi connectivity index (χ1v) is 9.70. The van der Waals surface area contributed by atoms with E-state index in [1.807, 2.05) is 36.6 Å². The lowest BCUT2D eigenvalue weighted by molar-refractivity contribution is -0.145. The fraction of sp³-hybridized carbons (Fsp3) is 0.368. The number of carbonyl (C=O) groups excluding carboxylic acids is 3. The van der Waals surface area contributed by atoms with Crippen molar-refractivity contribution in [1.82, 2.24) is 15.2 Å². The van der Waals surface area contributed by atoms with Gasteiger partial charge in [0.2, 0.25) is 0 Å². The minimum atomic E-state index is -0.942. The quantitative estimate of drug-likeness (QED) is 0.545. The van der Waals surface area contributed by atoms with E-state index in [4.69, 9.17) is 4.74 Å². The highest BCUT2D eigenvalue weighted by atomic mass is 32.1. The smallest absolute Gasteiger partial charge is 0.325 e. The van der Waals surface area contributed by atoms with E-state index in [-0.39, 0.29) is 25.5 Å². The van der Waals surface area contributed by atoms with Crippen LogP contribution in [0.15, 0.2) is 29.6 Å². The van der Waals surface area contributed by atoms with Crippen molar-refractivity contribution >= 4 is 40.1 Å². The third kappa shape index (κ3) is 4.66. The molecule has 8 nitrogen and oxygen atoms in total. The number of urea groups is 1. The number of esters is 1. The van der Waals surface area contributed by atoms with Crippen molar-refractivity contribution < 1.29 is 19.1 Å². The van der Waals surface area contributed by atoms with Crippen molar-refractivity contribution in [3.05, 3.63) is 40.9 Å². The van der Waals surface area contributed by atoms with Crippen molar-refractivity contribution in [3.8, 4) is 0 Å². The van der Waals surface area contributed by atoms with E-state index in [2.05, 4.69) is 15.6 Å². The average molecular weight is 402 g/mol.